The number of nitrogens with zero attached hydrogens (tertiary/aromatic N) is 1. The highest BCUT2D eigenvalue weighted by Gasteiger charge is 2.19. The Hall–Kier alpha value is -0.840. The third-order valence-corrected chi connectivity index (χ3v) is 3.10. The van der Waals surface area contributed by atoms with Crippen LogP contribution in [0.15, 0.2) is 12.1 Å². The van der Waals surface area contributed by atoms with Gasteiger partial charge in [-0.05, 0) is 24.5 Å². The van der Waals surface area contributed by atoms with Crippen LogP contribution < -0.4 is 5.32 Å². The predicted octanol–water partition coefficient (Wildman–Crippen LogP) is 2.53. The molecule has 0 aromatic carbocycles. The Bertz CT molecular complexity index is 425. The summed E-state index contributed by atoms with van der Waals surface area (Å²) < 4.78 is 0. The molecule has 0 aliphatic heterocycles. The fraction of sp³-hybridized carbons (Fsp3) is 0.500. The zero-order valence-corrected chi connectivity index (χ0v) is 11.8. The van der Waals surface area contributed by atoms with Crippen LogP contribution in [0.2, 0.25) is 10.2 Å². The summed E-state index contributed by atoms with van der Waals surface area (Å²) in [6.45, 7) is 3.95. The molecule has 1 aromatic rings. The van der Waals surface area contributed by atoms with E-state index in [9.17, 15) is 4.79 Å². The average Bonchev–Trinajstić information content (AvgIpc) is 2.31. The van der Waals surface area contributed by atoms with E-state index in [2.05, 4.69) is 10.3 Å². The monoisotopic (exact) mass is 290 g/mol. The minimum atomic E-state index is -0.380. The Morgan fingerprint density at radius 1 is 1.44 bits per heavy atom. The summed E-state index contributed by atoms with van der Waals surface area (Å²) in [5.74, 6) is -0.172. The fourth-order valence-electron chi connectivity index (χ4n) is 1.53. The average molecular weight is 291 g/mol. The molecule has 0 fully saturated rings. The summed E-state index contributed by atoms with van der Waals surface area (Å²) in [6.07, 6.45) is 0.488. The Labute approximate surface area is 116 Å². The third-order valence-electron chi connectivity index (χ3n) is 2.59. The van der Waals surface area contributed by atoms with E-state index < -0.39 is 0 Å². The number of carbonyl (C=O) groups is 1. The molecule has 6 heteroatoms. The normalized spacial score (nSPS) is 12.6. The quantitative estimate of drug-likeness (QED) is 0.819. The minimum absolute atomic E-state index is 0.0137. The molecule has 1 amide bonds. The van der Waals surface area contributed by atoms with E-state index in [4.69, 9.17) is 28.3 Å². The Morgan fingerprint density at radius 3 is 2.67 bits per heavy atom. The number of nitrogens with one attached hydrogen (secondary N) is 1. The molecule has 0 aliphatic carbocycles. The molecule has 0 bridgehead atoms. The topological polar surface area (TPSA) is 62.2 Å². The number of carbonyl (C=O) groups excluding carboxylic acids is 1. The molecule has 0 saturated heterocycles. The summed E-state index contributed by atoms with van der Waals surface area (Å²) >= 11 is 11.6. The maximum Gasteiger partial charge on any atom is 0.271 e. The number of hydrogen-bond acceptors (Lipinski definition) is 3. The van der Waals surface area contributed by atoms with E-state index in [1.165, 1.54) is 12.1 Å². The smallest absolute Gasteiger partial charge is 0.271 e. The van der Waals surface area contributed by atoms with E-state index in [0.717, 1.165) is 0 Å². The zero-order valence-electron chi connectivity index (χ0n) is 10.3. The van der Waals surface area contributed by atoms with Gasteiger partial charge >= 0.3 is 0 Å². The molecule has 2 N–H and O–H groups in total. The second-order valence-corrected chi connectivity index (χ2v) is 5.10. The van der Waals surface area contributed by atoms with Crippen LogP contribution in [-0.4, -0.2) is 28.6 Å². The van der Waals surface area contributed by atoms with E-state index in [1.807, 2.05) is 13.8 Å². The van der Waals surface area contributed by atoms with Gasteiger partial charge in [0.15, 0.2) is 0 Å². The largest absolute Gasteiger partial charge is 0.396 e. The molecule has 0 radical (unpaired) electrons. The molecule has 4 nitrogen and oxygen atoms in total. The number of aromatic nitrogens is 1. The van der Waals surface area contributed by atoms with Gasteiger partial charge in [0, 0.05) is 12.6 Å². The molecular weight excluding hydrogens is 275 g/mol. The number of pyridine rings is 1. The lowest BCUT2D eigenvalue weighted by atomic mass is 10.0. The van der Waals surface area contributed by atoms with Crippen LogP contribution in [-0.2, 0) is 0 Å². The van der Waals surface area contributed by atoms with Crippen molar-refractivity contribution in [2.75, 3.05) is 6.61 Å². The lowest BCUT2D eigenvalue weighted by molar-refractivity contribution is 0.0911. The van der Waals surface area contributed by atoms with Crippen LogP contribution in [0.3, 0.4) is 0 Å². The van der Waals surface area contributed by atoms with Gasteiger partial charge in [-0.1, -0.05) is 37.0 Å². The van der Waals surface area contributed by atoms with Crippen LogP contribution in [0.5, 0.6) is 0 Å². The van der Waals surface area contributed by atoms with Crippen LogP contribution in [0.4, 0.5) is 0 Å². The van der Waals surface area contributed by atoms with Crippen molar-refractivity contribution in [2.24, 2.45) is 5.92 Å². The SMILES string of the molecule is CC(C)C(CCO)NC(=O)c1nc(Cl)ccc1Cl. The summed E-state index contributed by atoms with van der Waals surface area (Å²) in [4.78, 5) is 15.9. The van der Waals surface area contributed by atoms with Crippen molar-refractivity contribution in [3.05, 3.63) is 28.0 Å². The molecule has 0 spiro atoms. The summed E-state index contributed by atoms with van der Waals surface area (Å²) in [5.41, 5.74) is 0.104. The predicted molar refractivity (Wildman–Crippen MR) is 72.1 cm³/mol. The second kappa shape index (κ2) is 6.92. The molecule has 1 heterocycles. The molecule has 1 rings (SSSR count). The first-order valence-electron chi connectivity index (χ1n) is 5.69. The first-order chi connectivity index (χ1) is 8.45. The van der Waals surface area contributed by atoms with Gasteiger partial charge in [0.25, 0.3) is 5.91 Å². The Kier molecular flexibility index (Phi) is 5.85. The first-order valence-corrected chi connectivity index (χ1v) is 6.45. The molecule has 1 unspecified atom stereocenters. The van der Waals surface area contributed by atoms with Crippen molar-refractivity contribution < 1.29 is 9.90 Å². The molecule has 0 aliphatic rings. The molecule has 18 heavy (non-hydrogen) atoms. The van der Waals surface area contributed by atoms with E-state index in [0.29, 0.717) is 6.42 Å². The van der Waals surface area contributed by atoms with Gasteiger partial charge in [-0.3, -0.25) is 4.79 Å². The third kappa shape index (κ3) is 4.12. The zero-order chi connectivity index (χ0) is 13.7. The Balaban J connectivity index is 2.83. The van der Waals surface area contributed by atoms with Crippen LogP contribution in [0.25, 0.3) is 0 Å². The minimum Gasteiger partial charge on any atom is -0.396 e. The number of halogens is 2. The van der Waals surface area contributed by atoms with Gasteiger partial charge in [0.05, 0.1) is 5.02 Å². The number of amides is 1. The number of aliphatic hydroxyl groups excluding tert-OH is 1. The molecule has 1 aromatic heterocycles. The van der Waals surface area contributed by atoms with Gasteiger partial charge in [0.1, 0.15) is 10.8 Å². The standard InChI is InChI=1S/C12H16Cl2N2O2/c1-7(2)9(5-6-17)15-12(18)11-8(13)3-4-10(14)16-11/h3-4,7,9,17H,5-6H2,1-2H3,(H,15,18). The summed E-state index contributed by atoms with van der Waals surface area (Å²) in [7, 11) is 0. The van der Waals surface area contributed by atoms with Crippen molar-refractivity contribution >= 4 is 29.1 Å². The highest BCUT2D eigenvalue weighted by molar-refractivity contribution is 6.34. The number of aliphatic hydroxyl groups is 1. The van der Waals surface area contributed by atoms with Crippen molar-refractivity contribution in [3.63, 3.8) is 0 Å². The molecule has 100 valence electrons. The highest BCUT2D eigenvalue weighted by atomic mass is 35.5. The lowest BCUT2D eigenvalue weighted by Crippen LogP contribution is -2.39. The molecule has 1 atom stereocenters. The highest BCUT2D eigenvalue weighted by Crippen LogP contribution is 2.17. The van der Waals surface area contributed by atoms with Crippen molar-refractivity contribution in [2.45, 2.75) is 26.3 Å². The van der Waals surface area contributed by atoms with E-state index in [1.54, 1.807) is 0 Å². The molecule has 0 saturated carbocycles. The van der Waals surface area contributed by atoms with Crippen molar-refractivity contribution in [1.82, 2.24) is 10.3 Å². The van der Waals surface area contributed by atoms with Crippen molar-refractivity contribution in [1.29, 1.82) is 0 Å². The lowest BCUT2D eigenvalue weighted by Gasteiger charge is -2.21. The van der Waals surface area contributed by atoms with Gasteiger partial charge in [-0.15, -0.1) is 0 Å². The van der Waals surface area contributed by atoms with E-state index >= 15 is 0 Å². The Morgan fingerprint density at radius 2 is 2.11 bits per heavy atom. The van der Waals surface area contributed by atoms with Crippen LogP contribution >= 0.6 is 23.2 Å². The first kappa shape index (κ1) is 15.2. The number of hydrogen-bond donors (Lipinski definition) is 2. The van der Waals surface area contributed by atoms with Crippen LogP contribution in [0, 0.1) is 5.92 Å². The van der Waals surface area contributed by atoms with Crippen LogP contribution in [0.1, 0.15) is 30.8 Å². The summed E-state index contributed by atoms with van der Waals surface area (Å²) in [6, 6.07) is 2.93. The van der Waals surface area contributed by atoms with Gasteiger partial charge in [0.2, 0.25) is 0 Å². The van der Waals surface area contributed by atoms with E-state index in [-0.39, 0.29) is 40.3 Å². The number of rotatable bonds is 5. The summed E-state index contributed by atoms with van der Waals surface area (Å²) in [5, 5.41) is 12.2. The molecular formula is C12H16Cl2N2O2. The second-order valence-electron chi connectivity index (χ2n) is 4.30. The fourth-order valence-corrected chi connectivity index (χ4v) is 1.86. The maximum absolute atomic E-state index is 12.0. The van der Waals surface area contributed by atoms with Gasteiger partial charge < -0.3 is 10.4 Å². The maximum atomic E-state index is 12.0. The van der Waals surface area contributed by atoms with Gasteiger partial charge in [-0.25, -0.2) is 4.98 Å². The van der Waals surface area contributed by atoms with Crippen molar-refractivity contribution in [3.8, 4) is 0 Å². The van der Waals surface area contributed by atoms with Gasteiger partial charge in [-0.2, -0.15) is 0 Å².